The topological polar surface area (TPSA) is 38.3 Å². The fourth-order valence-corrected chi connectivity index (χ4v) is 2.38. The molecule has 0 aliphatic heterocycles. The third-order valence-corrected chi connectivity index (χ3v) is 3.66. The van der Waals surface area contributed by atoms with Crippen LogP contribution < -0.4 is 10.1 Å². The Balaban J connectivity index is 1.98. The van der Waals surface area contributed by atoms with Gasteiger partial charge in [-0.1, -0.05) is 44.2 Å². The minimum Gasteiger partial charge on any atom is -0.484 e. The maximum absolute atomic E-state index is 13.1. The summed E-state index contributed by atoms with van der Waals surface area (Å²) in [5.74, 6) is 0.398. The highest BCUT2D eigenvalue weighted by Gasteiger charge is 2.18. The lowest BCUT2D eigenvalue weighted by molar-refractivity contribution is -0.124. The molecule has 2 rings (SSSR count). The third-order valence-electron chi connectivity index (χ3n) is 3.66. The third kappa shape index (κ3) is 4.81. The first kappa shape index (κ1) is 17.0. The molecule has 0 fully saturated rings. The lowest BCUT2D eigenvalue weighted by Crippen LogP contribution is -2.35. The number of ether oxygens (including phenoxy) is 1. The van der Waals surface area contributed by atoms with Crippen molar-refractivity contribution < 1.29 is 13.9 Å². The minimum atomic E-state index is -0.287. The molecule has 122 valence electrons. The van der Waals surface area contributed by atoms with Crippen LogP contribution >= 0.6 is 0 Å². The van der Waals surface area contributed by atoms with E-state index in [9.17, 15) is 9.18 Å². The number of nitrogens with one attached hydrogen (secondary N) is 1. The first-order chi connectivity index (χ1) is 11.0. The number of rotatable bonds is 6. The van der Waals surface area contributed by atoms with Gasteiger partial charge in [0.05, 0.1) is 6.04 Å². The number of halogens is 1. The van der Waals surface area contributed by atoms with Crippen LogP contribution in [0.5, 0.6) is 5.75 Å². The Morgan fingerprint density at radius 2 is 1.78 bits per heavy atom. The van der Waals surface area contributed by atoms with E-state index in [2.05, 4.69) is 5.32 Å². The molecule has 0 unspecified atom stereocenters. The summed E-state index contributed by atoms with van der Waals surface area (Å²) in [6.45, 7) is 5.91. The highest BCUT2D eigenvalue weighted by molar-refractivity contribution is 5.78. The van der Waals surface area contributed by atoms with Gasteiger partial charge in [-0.3, -0.25) is 4.79 Å². The normalized spacial score (nSPS) is 12.0. The molecule has 0 bridgehead atoms. The molecule has 0 radical (unpaired) electrons. The summed E-state index contributed by atoms with van der Waals surface area (Å²) in [5, 5.41) is 2.96. The Morgan fingerprint density at radius 3 is 2.39 bits per heavy atom. The SMILES string of the molecule is Cc1ccccc1OCC(=O)N[C@H](c1ccc(F)cc1)C(C)C. The van der Waals surface area contributed by atoms with E-state index in [4.69, 9.17) is 4.74 Å². The molecule has 0 heterocycles. The van der Waals surface area contributed by atoms with Gasteiger partial charge in [-0.05, 0) is 42.2 Å². The van der Waals surface area contributed by atoms with Gasteiger partial charge in [-0.15, -0.1) is 0 Å². The lowest BCUT2D eigenvalue weighted by Gasteiger charge is -2.23. The second kappa shape index (κ2) is 7.77. The summed E-state index contributed by atoms with van der Waals surface area (Å²) in [7, 11) is 0. The van der Waals surface area contributed by atoms with E-state index in [-0.39, 0.29) is 30.3 Å². The van der Waals surface area contributed by atoms with Crippen LogP contribution in [0.3, 0.4) is 0 Å². The molecule has 1 amide bonds. The van der Waals surface area contributed by atoms with E-state index in [1.54, 1.807) is 12.1 Å². The van der Waals surface area contributed by atoms with Crippen molar-refractivity contribution in [1.29, 1.82) is 0 Å². The molecule has 2 aromatic rings. The zero-order valence-electron chi connectivity index (χ0n) is 13.7. The maximum atomic E-state index is 13.1. The molecule has 0 saturated heterocycles. The van der Waals surface area contributed by atoms with E-state index >= 15 is 0 Å². The summed E-state index contributed by atoms with van der Waals surface area (Å²) >= 11 is 0. The molecule has 0 spiro atoms. The molecule has 1 atom stereocenters. The van der Waals surface area contributed by atoms with Crippen molar-refractivity contribution >= 4 is 5.91 Å². The Hall–Kier alpha value is -2.36. The first-order valence-corrected chi connectivity index (χ1v) is 7.70. The van der Waals surface area contributed by atoms with E-state index in [1.165, 1.54) is 12.1 Å². The summed E-state index contributed by atoms with van der Waals surface area (Å²) < 4.78 is 18.6. The largest absolute Gasteiger partial charge is 0.484 e. The standard InChI is InChI=1S/C19H22FNO2/c1-13(2)19(15-8-10-16(20)11-9-15)21-18(22)12-23-17-7-5-4-6-14(17)3/h4-11,13,19H,12H2,1-3H3,(H,21,22)/t19-/m0/s1. The van der Waals surface area contributed by atoms with Crippen LogP contribution in [0.1, 0.15) is 31.0 Å². The first-order valence-electron chi connectivity index (χ1n) is 7.70. The summed E-state index contributed by atoms with van der Waals surface area (Å²) in [6, 6.07) is 13.6. The van der Waals surface area contributed by atoms with Gasteiger partial charge in [-0.25, -0.2) is 4.39 Å². The molecular weight excluding hydrogens is 293 g/mol. The van der Waals surface area contributed by atoms with E-state index in [0.29, 0.717) is 5.75 Å². The van der Waals surface area contributed by atoms with Crippen LogP contribution in [0.2, 0.25) is 0 Å². The zero-order chi connectivity index (χ0) is 16.8. The van der Waals surface area contributed by atoms with Crippen molar-refractivity contribution in [3.63, 3.8) is 0 Å². The second-order valence-corrected chi connectivity index (χ2v) is 5.89. The van der Waals surface area contributed by atoms with Crippen molar-refractivity contribution in [2.75, 3.05) is 6.61 Å². The van der Waals surface area contributed by atoms with Crippen molar-refractivity contribution in [3.8, 4) is 5.75 Å². The fourth-order valence-electron chi connectivity index (χ4n) is 2.38. The van der Waals surface area contributed by atoms with Crippen molar-refractivity contribution in [3.05, 3.63) is 65.5 Å². The summed E-state index contributed by atoms with van der Waals surface area (Å²) in [6.07, 6.45) is 0. The highest BCUT2D eigenvalue weighted by Crippen LogP contribution is 2.22. The van der Waals surface area contributed by atoms with Gasteiger partial charge in [0, 0.05) is 0 Å². The number of benzene rings is 2. The van der Waals surface area contributed by atoms with Crippen LogP contribution in [0, 0.1) is 18.7 Å². The van der Waals surface area contributed by atoms with E-state index < -0.39 is 0 Å². The number of carbonyl (C=O) groups is 1. The number of carbonyl (C=O) groups excluding carboxylic acids is 1. The molecular formula is C19H22FNO2. The average molecular weight is 315 g/mol. The van der Waals surface area contributed by atoms with Gasteiger partial charge in [0.2, 0.25) is 0 Å². The maximum Gasteiger partial charge on any atom is 0.258 e. The number of hydrogen-bond acceptors (Lipinski definition) is 2. The minimum absolute atomic E-state index is 0.0464. The molecule has 2 aromatic carbocycles. The number of amides is 1. The monoisotopic (exact) mass is 315 g/mol. The van der Waals surface area contributed by atoms with Crippen LogP contribution in [0.15, 0.2) is 48.5 Å². The molecule has 0 aliphatic rings. The average Bonchev–Trinajstić information content (AvgIpc) is 2.52. The molecule has 0 aliphatic carbocycles. The van der Waals surface area contributed by atoms with Crippen LogP contribution in [0.4, 0.5) is 4.39 Å². The van der Waals surface area contributed by atoms with Crippen LogP contribution in [0.25, 0.3) is 0 Å². The molecule has 4 heteroatoms. The quantitative estimate of drug-likeness (QED) is 0.874. The van der Waals surface area contributed by atoms with Crippen LogP contribution in [-0.2, 0) is 4.79 Å². The second-order valence-electron chi connectivity index (χ2n) is 5.89. The van der Waals surface area contributed by atoms with Gasteiger partial charge in [0.15, 0.2) is 6.61 Å². The lowest BCUT2D eigenvalue weighted by atomic mass is 9.96. The Bertz CT molecular complexity index is 653. The van der Waals surface area contributed by atoms with Crippen molar-refractivity contribution in [2.24, 2.45) is 5.92 Å². The number of aryl methyl sites for hydroxylation is 1. The zero-order valence-corrected chi connectivity index (χ0v) is 13.7. The molecule has 1 N–H and O–H groups in total. The number of para-hydroxylation sites is 1. The van der Waals surface area contributed by atoms with Crippen LogP contribution in [-0.4, -0.2) is 12.5 Å². The Labute approximate surface area is 136 Å². The van der Waals surface area contributed by atoms with Gasteiger partial charge < -0.3 is 10.1 Å². The van der Waals surface area contributed by atoms with Gasteiger partial charge in [-0.2, -0.15) is 0 Å². The van der Waals surface area contributed by atoms with Crippen molar-refractivity contribution in [2.45, 2.75) is 26.8 Å². The summed E-state index contributed by atoms with van der Waals surface area (Å²) in [4.78, 5) is 12.2. The summed E-state index contributed by atoms with van der Waals surface area (Å²) in [5.41, 5.74) is 1.87. The molecule has 3 nitrogen and oxygen atoms in total. The molecule has 0 saturated carbocycles. The van der Waals surface area contributed by atoms with Gasteiger partial charge >= 0.3 is 0 Å². The Morgan fingerprint density at radius 1 is 1.13 bits per heavy atom. The smallest absolute Gasteiger partial charge is 0.258 e. The molecule has 0 aromatic heterocycles. The molecule has 23 heavy (non-hydrogen) atoms. The van der Waals surface area contributed by atoms with E-state index in [1.807, 2.05) is 45.0 Å². The fraction of sp³-hybridized carbons (Fsp3) is 0.316. The van der Waals surface area contributed by atoms with E-state index in [0.717, 1.165) is 11.1 Å². The predicted octanol–water partition coefficient (Wildman–Crippen LogP) is 4.03. The van der Waals surface area contributed by atoms with Gasteiger partial charge in [0.1, 0.15) is 11.6 Å². The van der Waals surface area contributed by atoms with Crippen molar-refractivity contribution in [1.82, 2.24) is 5.32 Å². The Kier molecular flexibility index (Phi) is 5.74. The predicted molar refractivity (Wildman–Crippen MR) is 88.8 cm³/mol. The van der Waals surface area contributed by atoms with Gasteiger partial charge in [0.25, 0.3) is 5.91 Å². The number of hydrogen-bond donors (Lipinski definition) is 1. The highest BCUT2D eigenvalue weighted by atomic mass is 19.1.